The molecule has 0 spiro atoms. The highest BCUT2D eigenvalue weighted by Crippen LogP contribution is 2.28. The van der Waals surface area contributed by atoms with Gasteiger partial charge in [-0.05, 0) is 24.3 Å². The van der Waals surface area contributed by atoms with Crippen LogP contribution >= 0.6 is 0 Å². The smallest absolute Gasteiger partial charge is 0.255 e. The summed E-state index contributed by atoms with van der Waals surface area (Å²) in [5.74, 6) is 5.64. The van der Waals surface area contributed by atoms with Gasteiger partial charge in [-0.15, -0.1) is 0 Å². The fourth-order valence-electron chi connectivity index (χ4n) is 1.76. The zero-order chi connectivity index (χ0) is 15.2. The van der Waals surface area contributed by atoms with Gasteiger partial charge in [-0.2, -0.15) is 5.26 Å². The first kappa shape index (κ1) is 14.3. The number of pyridine rings is 1. The second-order valence-electron chi connectivity index (χ2n) is 4.02. The van der Waals surface area contributed by atoms with E-state index in [0.717, 1.165) is 0 Å². The molecule has 0 aliphatic carbocycles. The molecule has 7 heteroatoms. The molecule has 0 saturated carbocycles. The number of aromatic nitrogens is 1. The van der Waals surface area contributed by atoms with Gasteiger partial charge < -0.3 is 15.5 Å². The summed E-state index contributed by atoms with van der Waals surface area (Å²) in [4.78, 5) is 16.2. The van der Waals surface area contributed by atoms with Crippen molar-refractivity contribution in [2.75, 3.05) is 17.9 Å². The number of anilines is 2. The number of amides is 1. The molecule has 0 aliphatic rings. The first-order valence-corrected chi connectivity index (χ1v) is 6.00. The third-order valence-electron chi connectivity index (χ3n) is 2.78. The van der Waals surface area contributed by atoms with Gasteiger partial charge >= 0.3 is 0 Å². The number of rotatable bonds is 4. The van der Waals surface area contributed by atoms with Crippen LogP contribution in [-0.4, -0.2) is 18.0 Å². The molecule has 106 valence electrons. The van der Waals surface area contributed by atoms with Crippen LogP contribution in [0.15, 0.2) is 36.5 Å². The van der Waals surface area contributed by atoms with Gasteiger partial charge in [0.2, 0.25) is 0 Å². The number of methoxy groups -OCH3 is 1. The summed E-state index contributed by atoms with van der Waals surface area (Å²) < 4.78 is 5.16. The molecule has 0 aliphatic heterocycles. The number of hydrogen-bond acceptors (Lipinski definition) is 6. The van der Waals surface area contributed by atoms with Crippen LogP contribution < -0.4 is 21.3 Å². The van der Waals surface area contributed by atoms with Crippen LogP contribution in [0.25, 0.3) is 0 Å². The van der Waals surface area contributed by atoms with Crippen molar-refractivity contribution in [3.63, 3.8) is 0 Å². The molecule has 1 aromatic carbocycles. The number of hydrazine groups is 1. The summed E-state index contributed by atoms with van der Waals surface area (Å²) >= 11 is 0. The van der Waals surface area contributed by atoms with E-state index < -0.39 is 5.91 Å². The maximum Gasteiger partial charge on any atom is 0.255 e. The summed E-state index contributed by atoms with van der Waals surface area (Å²) in [6.07, 6.45) is 1.46. The third-order valence-corrected chi connectivity index (χ3v) is 2.78. The highest BCUT2D eigenvalue weighted by atomic mass is 16.5. The number of nitrogens with two attached hydrogens (primary N) is 1. The Morgan fingerprint density at radius 1 is 1.43 bits per heavy atom. The zero-order valence-electron chi connectivity index (χ0n) is 11.3. The van der Waals surface area contributed by atoms with E-state index in [9.17, 15) is 4.79 Å². The number of para-hydroxylation sites is 1. The molecule has 1 heterocycles. The van der Waals surface area contributed by atoms with Gasteiger partial charge in [0.25, 0.3) is 5.91 Å². The molecule has 0 bridgehead atoms. The van der Waals surface area contributed by atoms with E-state index >= 15 is 0 Å². The monoisotopic (exact) mass is 283 g/mol. The molecule has 21 heavy (non-hydrogen) atoms. The molecule has 0 fully saturated rings. The molecule has 0 radical (unpaired) electrons. The maximum atomic E-state index is 12.2. The Morgan fingerprint density at radius 2 is 2.24 bits per heavy atom. The number of ether oxygens (including phenoxy) is 1. The minimum Gasteiger partial charge on any atom is -0.495 e. The van der Waals surface area contributed by atoms with Crippen LogP contribution in [0.3, 0.4) is 0 Å². The minimum absolute atomic E-state index is 0.314. The molecule has 2 aromatic rings. The standard InChI is InChI=1S/C14H13N5O2/c1-21-11-4-2-3-10(8-15)13(11)18-14(20)9-5-6-17-12(7-9)19-16/h2-7H,16H2,1H3,(H,17,19)(H,18,20). The van der Waals surface area contributed by atoms with Crippen molar-refractivity contribution in [3.8, 4) is 11.8 Å². The summed E-state index contributed by atoms with van der Waals surface area (Å²) in [5.41, 5.74) is 3.36. The van der Waals surface area contributed by atoms with Gasteiger partial charge in [-0.3, -0.25) is 4.79 Å². The van der Waals surface area contributed by atoms with E-state index in [1.165, 1.54) is 25.4 Å². The number of nitrogens with zero attached hydrogens (tertiary/aromatic N) is 2. The second kappa shape index (κ2) is 6.36. The van der Waals surface area contributed by atoms with E-state index in [2.05, 4.69) is 15.7 Å². The lowest BCUT2D eigenvalue weighted by Crippen LogP contribution is -2.15. The highest BCUT2D eigenvalue weighted by Gasteiger charge is 2.14. The average molecular weight is 283 g/mol. The zero-order valence-corrected chi connectivity index (χ0v) is 11.3. The van der Waals surface area contributed by atoms with Crippen LogP contribution in [0.5, 0.6) is 5.75 Å². The Bertz CT molecular complexity index is 709. The first-order valence-electron chi connectivity index (χ1n) is 6.00. The molecule has 1 amide bonds. The second-order valence-corrected chi connectivity index (χ2v) is 4.02. The van der Waals surface area contributed by atoms with E-state index in [1.54, 1.807) is 18.2 Å². The van der Waals surface area contributed by atoms with E-state index in [1.807, 2.05) is 6.07 Å². The third kappa shape index (κ3) is 3.08. The highest BCUT2D eigenvalue weighted by molar-refractivity contribution is 6.06. The Labute approximate surface area is 121 Å². The van der Waals surface area contributed by atoms with Gasteiger partial charge in [0.05, 0.1) is 12.7 Å². The maximum absolute atomic E-state index is 12.2. The van der Waals surface area contributed by atoms with Crippen molar-refractivity contribution in [2.45, 2.75) is 0 Å². The number of carbonyl (C=O) groups is 1. The Kier molecular flexibility index (Phi) is 4.33. The SMILES string of the molecule is COc1cccc(C#N)c1NC(=O)c1ccnc(NN)c1. The fraction of sp³-hybridized carbons (Fsp3) is 0.0714. The number of carbonyl (C=O) groups excluding carboxylic acids is 1. The fourth-order valence-corrected chi connectivity index (χ4v) is 1.76. The molecule has 2 rings (SSSR count). The average Bonchev–Trinajstić information content (AvgIpc) is 2.54. The molecule has 4 N–H and O–H groups in total. The number of hydrogen-bond donors (Lipinski definition) is 3. The molecule has 0 atom stereocenters. The molecule has 0 unspecified atom stereocenters. The van der Waals surface area contributed by atoms with Crippen molar-refractivity contribution in [1.82, 2.24) is 4.98 Å². The summed E-state index contributed by atoms with van der Waals surface area (Å²) in [6.45, 7) is 0. The first-order chi connectivity index (χ1) is 10.2. The van der Waals surface area contributed by atoms with Crippen molar-refractivity contribution >= 4 is 17.4 Å². The number of nitrogens with one attached hydrogen (secondary N) is 2. The lowest BCUT2D eigenvalue weighted by atomic mass is 10.1. The van der Waals surface area contributed by atoms with Crippen LogP contribution in [0.4, 0.5) is 11.5 Å². The summed E-state index contributed by atoms with van der Waals surface area (Å²) in [6, 6.07) is 9.98. The molecular formula is C14H13N5O2. The van der Waals surface area contributed by atoms with Crippen molar-refractivity contribution < 1.29 is 9.53 Å². The largest absolute Gasteiger partial charge is 0.495 e. The normalized spacial score (nSPS) is 9.57. The predicted molar refractivity (Wildman–Crippen MR) is 77.7 cm³/mol. The van der Waals surface area contributed by atoms with Crippen molar-refractivity contribution in [3.05, 3.63) is 47.7 Å². The molecule has 1 aromatic heterocycles. The van der Waals surface area contributed by atoms with Crippen LogP contribution in [-0.2, 0) is 0 Å². The van der Waals surface area contributed by atoms with Crippen molar-refractivity contribution in [1.29, 1.82) is 5.26 Å². The van der Waals surface area contributed by atoms with E-state index in [0.29, 0.717) is 28.4 Å². The lowest BCUT2D eigenvalue weighted by molar-refractivity contribution is 0.102. The predicted octanol–water partition coefficient (Wildman–Crippen LogP) is 1.50. The van der Waals surface area contributed by atoms with E-state index in [4.69, 9.17) is 15.8 Å². The molecular weight excluding hydrogens is 270 g/mol. The number of nitrogen functional groups attached to an aromatic ring is 1. The van der Waals surface area contributed by atoms with Crippen molar-refractivity contribution in [2.24, 2.45) is 5.84 Å². The van der Waals surface area contributed by atoms with Crippen LogP contribution in [0.2, 0.25) is 0 Å². The Morgan fingerprint density at radius 3 is 2.90 bits per heavy atom. The topological polar surface area (TPSA) is 113 Å². The number of nitriles is 1. The number of benzene rings is 1. The quantitative estimate of drug-likeness (QED) is 0.579. The van der Waals surface area contributed by atoms with Crippen LogP contribution in [0.1, 0.15) is 15.9 Å². The molecule has 7 nitrogen and oxygen atoms in total. The summed E-state index contributed by atoms with van der Waals surface area (Å²) in [7, 11) is 1.47. The van der Waals surface area contributed by atoms with E-state index in [-0.39, 0.29) is 0 Å². The minimum atomic E-state index is -0.394. The van der Waals surface area contributed by atoms with Gasteiger partial charge in [-0.25, -0.2) is 10.8 Å². The lowest BCUT2D eigenvalue weighted by Gasteiger charge is -2.11. The molecule has 0 saturated heterocycles. The van der Waals surface area contributed by atoms with Gasteiger partial charge in [0.1, 0.15) is 23.3 Å². The van der Waals surface area contributed by atoms with Gasteiger partial charge in [0, 0.05) is 11.8 Å². The van der Waals surface area contributed by atoms with Gasteiger partial charge in [-0.1, -0.05) is 6.07 Å². The Balaban J connectivity index is 2.33. The van der Waals surface area contributed by atoms with Crippen LogP contribution in [0, 0.1) is 11.3 Å². The van der Waals surface area contributed by atoms with Gasteiger partial charge in [0.15, 0.2) is 0 Å². The Hall–Kier alpha value is -3.11. The summed E-state index contributed by atoms with van der Waals surface area (Å²) in [5, 5.41) is 11.8.